The van der Waals surface area contributed by atoms with Crippen LogP contribution >= 0.6 is 12.2 Å². The van der Waals surface area contributed by atoms with E-state index in [9.17, 15) is 0 Å². The molecule has 0 spiro atoms. The largest absolute Gasteiger partial charge is 0.362 e. The fourth-order valence-corrected chi connectivity index (χ4v) is 2.96. The van der Waals surface area contributed by atoms with Crippen molar-refractivity contribution < 1.29 is 4.90 Å². The predicted octanol–water partition coefficient (Wildman–Crippen LogP) is 1.16. The zero-order valence-corrected chi connectivity index (χ0v) is 13.6. The lowest BCUT2D eigenvalue weighted by molar-refractivity contribution is -0.858. The third-order valence-corrected chi connectivity index (χ3v) is 4.09. The second-order valence-electron chi connectivity index (χ2n) is 5.93. The summed E-state index contributed by atoms with van der Waals surface area (Å²) in [7, 11) is 4.36. The average molecular weight is 292 g/mol. The monoisotopic (exact) mass is 292 g/mol. The molecule has 0 aromatic heterocycles. The number of quaternary nitrogens is 1. The zero-order valence-electron chi connectivity index (χ0n) is 12.8. The van der Waals surface area contributed by atoms with Crippen molar-refractivity contribution in [1.29, 1.82) is 0 Å². The van der Waals surface area contributed by atoms with E-state index in [1.54, 1.807) is 0 Å². The van der Waals surface area contributed by atoms with Crippen LogP contribution in [-0.2, 0) is 6.42 Å². The molecule has 0 fully saturated rings. The van der Waals surface area contributed by atoms with Crippen molar-refractivity contribution in [1.82, 2.24) is 5.32 Å². The Morgan fingerprint density at radius 2 is 2.20 bits per heavy atom. The lowest BCUT2D eigenvalue weighted by Gasteiger charge is -2.32. The van der Waals surface area contributed by atoms with Gasteiger partial charge in [0.05, 0.1) is 20.6 Å². The number of benzene rings is 1. The maximum absolute atomic E-state index is 5.57. The third kappa shape index (κ3) is 3.93. The molecule has 4 heteroatoms. The van der Waals surface area contributed by atoms with E-state index in [-0.39, 0.29) is 0 Å². The van der Waals surface area contributed by atoms with E-state index in [1.165, 1.54) is 41.1 Å². The molecule has 110 valence electrons. The number of nitrogens with zero attached hydrogens (tertiary/aromatic N) is 1. The summed E-state index contributed by atoms with van der Waals surface area (Å²) in [6, 6.07) is 6.68. The Balaban J connectivity index is 1.95. The summed E-state index contributed by atoms with van der Waals surface area (Å²) in [5.74, 6) is 0. The minimum absolute atomic E-state index is 0.878. The van der Waals surface area contributed by atoms with Gasteiger partial charge in [-0.3, -0.25) is 0 Å². The van der Waals surface area contributed by atoms with Crippen LogP contribution in [0, 0.1) is 6.92 Å². The lowest BCUT2D eigenvalue weighted by Crippen LogP contribution is -3.05. The first-order chi connectivity index (χ1) is 9.58. The van der Waals surface area contributed by atoms with Crippen molar-refractivity contribution in [2.45, 2.75) is 26.2 Å². The Morgan fingerprint density at radius 3 is 2.95 bits per heavy atom. The molecule has 0 unspecified atom stereocenters. The van der Waals surface area contributed by atoms with Crippen molar-refractivity contribution >= 4 is 23.0 Å². The fraction of sp³-hybridized carbons (Fsp3) is 0.562. The van der Waals surface area contributed by atoms with Crippen molar-refractivity contribution in [3.63, 3.8) is 0 Å². The third-order valence-electron chi connectivity index (χ3n) is 3.73. The van der Waals surface area contributed by atoms with Gasteiger partial charge in [-0.1, -0.05) is 17.7 Å². The van der Waals surface area contributed by atoms with E-state index in [2.05, 4.69) is 49.4 Å². The van der Waals surface area contributed by atoms with Gasteiger partial charge in [-0.25, -0.2) is 0 Å². The first-order valence-electron chi connectivity index (χ1n) is 7.52. The predicted molar refractivity (Wildman–Crippen MR) is 89.7 cm³/mol. The van der Waals surface area contributed by atoms with Crippen LogP contribution in [0.1, 0.15) is 24.0 Å². The first kappa shape index (κ1) is 15.3. The number of fused-ring (bicyclic) bond motifs is 1. The fourth-order valence-electron chi connectivity index (χ4n) is 2.67. The van der Waals surface area contributed by atoms with Crippen LogP contribution in [0.3, 0.4) is 0 Å². The number of hydrogen-bond acceptors (Lipinski definition) is 1. The Kier molecular flexibility index (Phi) is 5.38. The maximum Gasteiger partial charge on any atom is 0.173 e. The highest BCUT2D eigenvalue weighted by atomic mass is 32.1. The molecule has 3 nitrogen and oxygen atoms in total. The molecule has 1 heterocycles. The number of aryl methyl sites for hydroxylation is 2. The molecule has 1 aromatic rings. The van der Waals surface area contributed by atoms with E-state index in [1.807, 2.05) is 0 Å². The minimum atomic E-state index is 0.878. The van der Waals surface area contributed by atoms with Gasteiger partial charge in [-0.15, -0.1) is 0 Å². The van der Waals surface area contributed by atoms with Crippen LogP contribution in [0.15, 0.2) is 18.2 Å². The van der Waals surface area contributed by atoms with Crippen LogP contribution in [0.5, 0.6) is 0 Å². The van der Waals surface area contributed by atoms with Gasteiger partial charge in [0.15, 0.2) is 5.11 Å². The normalized spacial score (nSPS) is 14.3. The van der Waals surface area contributed by atoms with E-state index in [0.717, 1.165) is 24.6 Å². The molecule has 0 saturated carbocycles. The summed E-state index contributed by atoms with van der Waals surface area (Å²) < 4.78 is 0. The molecule has 1 aromatic carbocycles. The standard InChI is InChI=1S/C16H25N3S/c1-13-7-8-15-14(12-13)6-4-11-19(15)16(20)17-9-5-10-18(2)3/h7-8,12H,4-6,9-11H2,1-3H3,(H,17,20)/p+1. The molecule has 20 heavy (non-hydrogen) atoms. The number of rotatable bonds is 4. The molecule has 0 aliphatic carbocycles. The van der Waals surface area contributed by atoms with E-state index in [4.69, 9.17) is 12.2 Å². The summed E-state index contributed by atoms with van der Waals surface area (Å²) in [5, 5.41) is 4.29. The van der Waals surface area contributed by atoms with Crippen LogP contribution in [0.4, 0.5) is 5.69 Å². The highest BCUT2D eigenvalue weighted by molar-refractivity contribution is 7.80. The minimum Gasteiger partial charge on any atom is -0.362 e. The maximum atomic E-state index is 5.57. The highest BCUT2D eigenvalue weighted by Crippen LogP contribution is 2.27. The Bertz CT molecular complexity index is 471. The van der Waals surface area contributed by atoms with Gasteiger partial charge in [-0.05, 0) is 43.6 Å². The second kappa shape index (κ2) is 7.04. The first-order valence-corrected chi connectivity index (χ1v) is 7.92. The molecule has 2 rings (SSSR count). The topological polar surface area (TPSA) is 19.7 Å². The van der Waals surface area contributed by atoms with Gasteiger partial charge in [0.2, 0.25) is 0 Å². The van der Waals surface area contributed by atoms with Gasteiger partial charge in [0, 0.05) is 25.2 Å². The van der Waals surface area contributed by atoms with Gasteiger partial charge in [0.1, 0.15) is 0 Å². The Labute approximate surface area is 128 Å². The summed E-state index contributed by atoms with van der Waals surface area (Å²) in [6.45, 7) is 5.31. The van der Waals surface area contributed by atoms with E-state index < -0.39 is 0 Å². The van der Waals surface area contributed by atoms with Crippen molar-refractivity contribution in [2.75, 3.05) is 38.6 Å². The molecule has 2 N–H and O–H groups in total. The molecular weight excluding hydrogens is 266 g/mol. The molecule has 0 atom stereocenters. The summed E-state index contributed by atoms with van der Waals surface area (Å²) in [5.41, 5.74) is 4.05. The van der Waals surface area contributed by atoms with Crippen molar-refractivity contribution in [2.24, 2.45) is 0 Å². The van der Waals surface area contributed by atoms with Crippen LogP contribution in [0.25, 0.3) is 0 Å². The molecule has 0 bridgehead atoms. The molecule has 1 aliphatic heterocycles. The molecule has 1 aliphatic rings. The van der Waals surface area contributed by atoms with Crippen molar-refractivity contribution in [3.8, 4) is 0 Å². The van der Waals surface area contributed by atoms with Gasteiger partial charge in [0.25, 0.3) is 0 Å². The molecular formula is C16H26N3S+. The van der Waals surface area contributed by atoms with Crippen LogP contribution < -0.4 is 15.1 Å². The Hall–Kier alpha value is -1.13. The Morgan fingerprint density at radius 1 is 1.40 bits per heavy atom. The summed E-state index contributed by atoms with van der Waals surface area (Å²) in [4.78, 5) is 3.74. The van der Waals surface area contributed by atoms with E-state index in [0.29, 0.717) is 0 Å². The summed E-state index contributed by atoms with van der Waals surface area (Å²) >= 11 is 5.57. The van der Waals surface area contributed by atoms with Gasteiger partial charge < -0.3 is 15.1 Å². The van der Waals surface area contributed by atoms with Crippen LogP contribution in [-0.4, -0.2) is 38.8 Å². The van der Waals surface area contributed by atoms with Crippen molar-refractivity contribution in [3.05, 3.63) is 29.3 Å². The quantitative estimate of drug-likeness (QED) is 0.642. The van der Waals surface area contributed by atoms with Crippen LogP contribution in [0.2, 0.25) is 0 Å². The summed E-state index contributed by atoms with van der Waals surface area (Å²) in [6.07, 6.45) is 3.50. The smallest absolute Gasteiger partial charge is 0.173 e. The number of anilines is 1. The molecule has 0 saturated heterocycles. The molecule has 0 amide bonds. The second-order valence-corrected chi connectivity index (χ2v) is 6.32. The zero-order chi connectivity index (χ0) is 14.5. The number of hydrogen-bond donors (Lipinski definition) is 2. The van der Waals surface area contributed by atoms with Gasteiger partial charge in [-0.2, -0.15) is 0 Å². The average Bonchev–Trinajstić information content (AvgIpc) is 2.42. The van der Waals surface area contributed by atoms with Gasteiger partial charge >= 0.3 is 0 Å². The molecule has 0 radical (unpaired) electrons. The lowest BCUT2D eigenvalue weighted by atomic mass is 10.00. The number of nitrogens with one attached hydrogen (secondary N) is 2. The van der Waals surface area contributed by atoms with E-state index >= 15 is 0 Å². The number of thiocarbonyl (C=S) groups is 1. The SMILES string of the molecule is Cc1ccc2c(c1)CCCN2C(=S)NCCC[NH+](C)C. The highest BCUT2D eigenvalue weighted by Gasteiger charge is 2.19.